The maximum atomic E-state index is 11.5. The zero-order valence-electron chi connectivity index (χ0n) is 10.5. The second-order valence-corrected chi connectivity index (χ2v) is 3.99. The Kier molecular flexibility index (Phi) is 5.74. The van der Waals surface area contributed by atoms with E-state index < -0.39 is 4.92 Å². The lowest BCUT2D eigenvalue weighted by Crippen LogP contribution is -2.36. The summed E-state index contributed by atoms with van der Waals surface area (Å²) in [5, 5.41) is 22.0. The third-order valence-corrected chi connectivity index (χ3v) is 2.39. The van der Waals surface area contributed by atoms with E-state index >= 15 is 0 Å². The van der Waals surface area contributed by atoms with Crippen LogP contribution in [0.1, 0.15) is 13.3 Å². The number of nitrogens with one attached hydrogen (secondary N) is 1. The van der Waals surface area contributed by atoms with Gasteiger partial charge in [-0.05, 0) is 19.4 Å². The van der Waals surface area contributed by atoms with Crippen molar-refractivity contribution in [1.82, 2.24) is 5.32 Å². The van der Waals surface area contributed by atoms with Gasteiger partial charge in [0.15, 0.2) is 12.4 Å². The molecule has 1 aromatic carbocycles. The summed E-state index contributed by atoms with van der Waals surface area (Å²) < 4.78 is 5.12. The van der Waals surface area contributed by atoms with Crippen molar-refractivity contribution in [2.45, 2.75) is 19.4 Å². The van der Waals surface area contributed by atoms with Gasteiger partial charge in [-0.25, -0.2) is 0 Å². The number of aliphatic hydroxyl groups excluding tert-OH is 1. The van der Waals surface area contributed by atoms with Crippen LogP contribution in [0, 0.1) is 10.1 Å². The molecule has 1 unspecified atom stereocenters. The van der Waals surface area contributed by atoms with Crippen LogP contribution >= 0.6 is 0 Å². The fourth-order valence-corrected chi connectivity index (χ4v) is 1.46. The van der Waals surface area contributed by atoms with Crippen LogP contribution < -0.4 is 10.1 Å². The molecule has 19 heavy (non-hydrogen) atoms. The molecule has 0 saturated heterocycles. The van der Waals surface area contributed by atoms with Crippen molar-refractivity contribution in [3.8, 4) is 5.75 Å². The summed E-state index contributed by atoms with van der Waals surface area (Å²) in [6.45, 7) is 1.42. The van der Waals surface area contributed by atoms with E-state index in [2.05, 4.69) is 5.32 Å². The van der Waals surface area contributed by atoms with Gasteiger partial charge in [0.2, 0.25) is 0 Å². The van der Waals surface area contributed by atoms with Crippen molar-refractivity contribution in [2.75, 3.05) is 13.2 Å². The molecule has 1 amide bonds. The predicted octanol–water partition coefficient (Wildman–Crippen LogP) is 0.861. The molecule has 2 N–H and O–H groups in total. The minimum absolute atomic E-state index is 0.0214. The molecule has 1 aromatic rings. The molecule has 0 spiro atoms. The van der Waals surface area contributed by atoms with Crippen LogP contribution in [0.5, 0.6) is 5.75 Å². The smallest absolute Gasteiger partial charge is 0.310 e. The van der Waals surface area contributed by atoms with E-state index in [0.717, 1.165) is 0 Å². The summed E-state index contributed by atoms with van der Waals surface area (Å²) in [6, 6.07) is 5.68. The first-order chi connectivity index (χ1) is 9.04. The Morgan fingerprint density at radius 2 is 2.21 bits per heavy atom. The number of carbonyl (C=O) groups is 1. The molecular weight excluding hydrogens is 252 g/mol. The van der Waals surface area contributed by atoms with E-state index in [1.807, 2.05) is 0 Å². The van der Waals surface area contributed by atoms with Crippen molar-refractivity contribution in [3.05, 3.63) is 34.4 Å². The topological polar surface area (TPSA) is 102 Å². The Morgan fingerprint density at radius 3 is 2.84 bits per heavy atom. The van der Waals surface area contributed by atoms with E-state index in [9.17, 15) is 14.9 Å². The van der Waals surface area contributed by atoms with E-state index in [0.29, 0.717) is 6.42 Å². The summed E-state index contributed by atoms with van der Waals surface area (Å²) in [5.74, 6) is -0.337. The monoisotopic (exact) mass is 268 g/mol. The van der Waals surface area contributed by atoms with Gasteiger partial charge in [-0.3, -0.25) is 14.9 Å². The van der Waals surface area contributed by atoms with Gasteiger partial charge in [0.1, 0.15) is 0 Å². The Morgan fingerprint density at radius 1 is 1.53 bits per heavy atom. The summed E-state index contributed by atoms with van der Waals surface area (Å²) in [4.78, 5) is 21.7. The van der Waals surface area contributed by atoms with Crippen LogP contribution in [0.3, 0.4) is 0 Å². The average molecular weight is 268 g/mol. The molecule has 0 aliphatic heterocycles. The third kappa shape index (κ3) is 4.92. The van der Waals surface area contributed by atoms with Crippen LogP contribution in [0.15, 0.2) is 24.3 Å². The summed E-state index contributed by atoms with van der Waals surface area (Å²) >= 11 is 0. The highest BCUT2D eigenvalue weighted by atomic mass is 16.6. The van der Waals surface area contributed by atoms with Crippen LogP contribution in [0.2, 0.25) is 0 Å². The number of nitrogens with zero attached hydrogens (tertiary/aromatic N) is 1. The molecule has 7 nitrogen and oxygen atoms in total. The van der Waals surface area contributed by atoms with Gasteiger partial charge >= 0.3 is 5.69 Å². The SMILES string of the molecule is CC(CCO)NC(=O)COc1ccccc1[N+](=O)[O-]. The Hall–Kier alpha value is -2.15. The minimum Gasteiger partial charge on any atom is -0.477 e. The molecule has 1 rings (SSSR count). The molecule has 0 bridgehead atoms. The molecular formula is C12H16N2O5. The minimum atomic E-state index is -0.568. The van der Waals surface area contributed by atoms with E-state index in [-0.39, 0.29) is 36.6 Å². The number of aliphatic hydroxyl groups is 1. The Balaban J connectivity index is 2.53. The second kappa shape index (κ2) is 7.32. The molecule has 0 aliphatic carbocycles. The van der Waals surface area contributed by atoms with Crippen LogP contribution in [-0.2, 0) is 4.79 Å². The normalized spacial score (nSPS) is 11.7. The van der Waals surface area contributed by atoms with Crippen LogP contribution in [-0.4, -0.2) is 35.2 Å². The number of benzene rings is 1. The van der Waals surface area contributed by atoms with Gasteiger partial charge in [-0.2, -0.15) is 0 Å². The van der Waals surface area contributed by atoms with Crippen molar-refractivity contribution in [1.29, 1.82) is 0 Å². The number of hydrogen-bond donors (Lipinski definition) is 2. The zero-order chi connectivity index (χ0) is 14.3. The van der Waals surface area contributed by atoms with Crippen molar-refractivity contribution in [2.24, 2.45) is 0 Å². The molecule has 0 heterocycles. The van der Waals surface area contributed by atoms with Crippen LogP contribution in [0.4, 0.5) is 5.69 Å². The number of nitro groups is 1. The average Bonchev–Trinajstić information content (AvgIpc) is 2.36. The summed E-state index contributed by atoms with van der Waals surface area (Å²) in [7, 11) is 0. The first-order valence-electron chi connectivity index (χ1n) is 5.81. The molecule has 0 radical (unpaired) electrons. The lowest BCUT2D eigenvalue weighted by Gasteiger charge is -2.12. The summed E-state index contributed by atoms with van der Waals surface area (Å²) in [5.41, 5.74) is -0.182. The van der Waals surface area contributed by atoms with Crippen LogP contribution in [0.25, 0.3) is 0 Å². The van der Waals surface area contributed by atoms with Gasteiger partial charge < -0.3 is 15.2 Å². The maximum absolute atomic E-state index is 11.5. The zero-order valence-corrected chi connectivity index (χ0v) is 10.5. The van der Waals surface area contributed by atoms with Gasteiger partial charge in [0.25, 0.3) is 5.91 Å². The lowest BCUT2D eigenvalue weighted by atomic mass is 10.2. The maximum Gasteiger partial charge on any atom is 0.310 e. The Labute approximate surface area is 110 Å². The highest BCUT2D eigenvalue weighted by molar-refractivity contribution is 5.77. The third-order valence-electron chi connectivity index (χ3n) is 2.39. The number of rotatable bonds is 7. The molecule has 1 atom stereocenters. The first-order valence-corrected chi connectivity index (χ1v) is 5.81. The number of hydrogen-bond acceptors (Lipinski definition) is 5. The molecule has 0 aliphatic rings. The molecule has 0 aromatic heterocycles. The number of carbonyl (C=O) groups excluding carboxylic acids is 1. The van der Waals surface area contributed by atoms with E-state index in [4.69, 9.17) is 9.84 Å². The first kappa shape index (κ1) is 14.9. The lowest BCUT2D eigenvalue weighted by molar-refractivity contribution is -0.385. The number of para-hydroxylation sites is 2. The number of amides is 1. The van der Waals surface area contributed by atoms with E-state index in [1.165, 1.54) is 18.2 Å². The quantitative estimate of drug-likeness (QED) is 0.564. The largest absolute Gasteiger partial charge is 0.477 e. The highest BCUT2D eigenvalue weighted by Crippen LogP contribution is 2.25. The Bertz CT molecular complexity index is 450. The van der Waals surface area contributed by atoms with Gasteiger partial charge in [-0.1, -0.05) is 12.1 Å². The van der Waals surface area contributed by atoms with Crippen molar-refractivity contribution in [3.63, 3.8) is 0 Å². The standard InChI is InChI=1S/C12H16N2O5/c1-9(6-7-15)13-12(16)8-19-11-5-3-2-4-10(11)14(17)18/h2-5,9,15H,6-8H2,1H3,(H,13,16). The number of nitro benzene ring substituents is 1. The molecule has 104 valence electrons. The molecule has 7 heteroatoms. The predicted molar refractivity (Wildman–Crippen MR) is 67.9 cm³/mol. The molecule has 0 saturated carbocycles. The summed E-state index contributed by atoms with van der Waals surface area (Å²) in [6.07, 6.45) is 0.442. The van der Waals surface area contributed by atoms with Crippen molar-refractivity contribution < 1.29 is 19.6 Å². The van der Waals surface area contributed by atoms with E-state index in [1.54, 1.807) is 13.0 Å². The van der Waals surface area contributed by atoms with Gasteiger partial charge in [0.05, 0.1) is 4.92 Å². The number of ether oxygens (including phenoxy) is 1. The molecule has 0 fully saturated rings. The fraction of sp³-hybridized carbons (Fsp3) is 0.417. The highest BCUT2D eigenvalue weighted by Gasteiger charge is 2.15. The fourth-order valence-electron chi connectivity index (χ4n) is 1.46. The second-order valence-electron chi connectivity index (χ2n) is 3.99. The van der Waals surface area contributed by atoms with Gasteiger partial charge in [0, 0.05) is 18.7 Å². The van der Waals surface area contributed by atoms with Crippen molar-refractivity contribution >= 4 is 11.6 Å². The van der Waals surface area contributed by atoms with Gasteiger partial charge in [-0.15, -0.1) is 0 Å².